The normalized spacial score (nSPS) is 10.8. The number of thioether (sulfide) groups is 1. The van der Waals surface area contributed by atoms with Crippen molar-refractivity contribution in [1.29, 1.82) is 0 Å². The van der Waals surface area contributed by atoms with Crippen molar-refractivity contribution >= 4 is 34.4 Å². The summed E-state index contributed by atoms with van der Waals surface area (Å²) in [6.45, 7) is 0. The number of carbonyl (C=O) groups excluding carboxylic acids is 1. The summed E-state index contributed by atoms with van der Waals surface area (Å²) in [5, 5.41) is 3.78. The third-order valence-corrected chi connectivity index (χ3v) is 5.25. The van der Waals surface area contributed by atoms with Crippen LogP contribution < -0.4 is 10.1 Å². The maximum Gasteiger partial charge on any atom is 0.255 e. The van der Waals surface area contributed by atoms with E-state index >= 15 is 0 Å². The fourth-order valence-electron chi connectivity index (χ4n) is 2.78. The number of methoxy groups -OCH3 is 1. The van der Waals surface area contributed by atoms with Gasteiger partial charge < -0.3 is 15.0 Å². The van der Waals surface area contributed by atoms with Crippen LogP contribution in [-0.4, -0.2) is 23.0 Å². The number of aromatic amines is 1. The lowest BCUT2D eigenvalue weighted by atomic mass is 10.1. The van der Waals surface area contributed by atoms with Crippen LogP contribution in [-0.2, 0) is 5.75 Å². The molecule has 0 radical (unpaired) electrons. The standard InChI is InChI=1S/C22H19N3O2S/c1-27-18-12-10-17(11-13-18)23-21(26)16-8-6-15(7-9-16)14-28-22-24-19-4-2-3-5-20(19)25-22/h2-13H,14H2,1H3,(H,23,26)(H,24,25). The summed E-state index contributed by atoms with van der Waals surface area (Å²) >= 11 is 1.64. The van der Waals surface area contributed by atoms with Crippen LogP contribution in [0.15, 0.2) is 78.0 Å². The average Bonchev–Trinajstić information content (AvgIpc) is 3.16. The number of H-pyrrole nitrogens is 1. The van der Waals surface area contributed by atoms with Gasteiger partial charge in [0.15, 0.2) is 5.16 Å². The van der Waals surface area contributed by atoms with Crippen LogP contribution in [0.1, 0.15) is 15.9 Å². The fraction of sp³-hybridized carbons (Fsp3) is 0.0909. The number of fused-ring (bicyclic) bond motifs is 1. The Bertz CT molecular complexity index is 1060. The molecule has 0 aliphatic carbocycles. The Morgan fingerprint density at radius 1 is 1.04 bits per heavy atom. The van der Waals surface area contributed by atoms with Crippen LogP contribution in [0.4, 0.5) is 5.69 Å². The SMILES string of the molecule is COc1ccc(NC(=O)c2ccc(CSc3nc4ccccc4[nH]3)cc2)cc1. The van der Waals surface area contributed by atoms with E-state index in [2.05, 4.69) is 15.3 Å². The molecule has 2 N–H and O–H groups in total. The average molecular weight is 389 g/mol. The van der Waals surface area contributed by atoms with E-state index in [0.717, 1.165) is 38.9 Å². The minimum Gasteiger partial charge on any atom is -0.497 e. The van der Waals surface area contributed by atoms with Gasteiger partial charge in [-0.05, 0) is 54.1 Å². The molecule has 1 heterocycles. The first-order chi connectivity index (χ1) is 13.7. The van der Waals surface area contributed by atoms with E-state index in [0.29, 0.717) is 5.56 Å². The van der Waals surface area contributed by atoms with E-state index in [9.17, 15) is 4.79 Å². The smallest absolute Gasteiger partial charge is 0.255 e. The van der Waals surface area contributed by atoms with Gasteiger partial charge in [-0.25, -0.2) is 4.98 Å². The number of para-hydroxylation sites is 2. The summed E-state index contributed by atoms with van der Waals surface area (Å²) in [6, 6.07) is 22.9. The molecule has 0 saturated heterocycles. The number of aromatic nitrogens is 2. The van der Waals surface area contributed by atoms with Crippen LogP contribution in [0.2, 0.25) is 0 Å². The molecule has 0 fully saturated rings. The first-order valence-electron chi connectivity index (χ1n) is 8.83. The van der Waals surface area contributed by atoms with Crippen molar-refractivity contribution in [3.05, 3.63) is 83.9 Å². The van der Waals surface area contributed by atoms with Gasteiger partial charge in [0, 0.05) is 17.0 Å². The maximum atomic E-state index is 12.4. The second-order valence-corrected chi connectivity index (χ2v) is 7.19. The zero-order chi connectivity index (χ0) is 19.3. The lowest BCUT2D eigenvalue weighted by Gasteiger charge is -2.07. The number of benzene rings is 3. The molecule has 4 aromatic rings. The van der Waals surface area contributed by atoms with Crippen LogP contribution in [0.3, 0.4) is 0 Å². The molecule has 1 amide bonds. The number of amides is 1. The third-order valence-electron chi connectivity index (χ3n) is 4.31. The number of nitrogens with one attached hydrogen (secondary N) is 2. The summed E-state index contributed by atoms with van der Waals surface area (Å²) < 4.78 is 5.12. The summed E-state index contributed by atoms with van der Waals surface area (Å²) in [5.74, 6) is 1.39. The lowest BCUT2D eigenvalue weighted by Crippen LogP contribution is -2.11. The van der Waals surface area contributed by atoms with Gasteiger partial charge in [0.1, 0.15) is 5.75 Å². The highest BCUT2D eigenvalue weighted by molar-refractivity contribution is 7.98. The summed E-state index contributed by atoms with van der Waals surface area (Å²) in [4.78, 5) is 20.3. The molecule has 0 spiro atoms. The van der Waals surface area contributed by atoms with E-state index in [-0.39, 0.29) is 5.91 Å². The van der Waals surface area contributed by atoms with Crippen molar-refractivity contribution in [2.45, 2.75) is 10.9 Å². The van der Waals surface area contributed by atoms with Crippen molar-refractivity contribution in [3.63, 3.8) is 0 Å². The van der Waals surface area contributed by atoms with Crippen LogP contribution in [0, 0.1) is 0 Å². The zero-order valence-corrected chi connectivity index (χ0v) is 16.1. The van der Waals surface area contributed by atoms with Crippen LogP contribution >= 0.6 is 11.8 Å². The molecule has 0 saturated carbocycles. The van der Waals surface area contributed by atoms with E-state index in [1.165, 1.54) is 0 Å². The van der Waals surface area contributed by atoms with Gasteiger partial charge >= 0.3 is 0 Å². The summed E-state index contributed by atoms with van der Waals surface area (Å²) in [7, 11) is 1.61. The van der Waals surface area contributed by atoms with Gasteiger partial charge in [0.05, 0.1) is 18.1 Å². The van der Waals surface area contributed by atoms with E-state index in [1.807, 2.05) is 72.8 Å². The second-order valence-electron chi connectivity index (χ2n) is 6.23. The number of carbonyl (C=O) groups is 1. The number of nitrogens with zero attached hydrogens (tertiary/aromatic N) is 1. The lowest BCUT2D eigenvalue weighted by molar-refractivity contribution is 0.102. The quantitative estimate of drug-likeness (QED) is 0.449. The molecular formula is C22H19N3O2S. The van der Waals surface area contributed by atoms with Crippen molar-refractivity contribution in [2.24, 2.45) is 0 Å². The molecule has 0 aliphatic heterocycles. The molecule has 140 valence electrons. The Kier molecular flexibility index (Phi) is 5.30. The monoisotopic (exact) mass is 389 g/mol. The molecule has 0 bridgehead atoms. The Labute approximate surface area is 167 Å². The molecule has 5 nitrogen and oxygen atoms in total. The van der Waals surface area contributed by atoms with E-state index in [1.54, 1.807) is 18.9 Å². The van der Waals surface area contributed by atoms with Crippen LogP contribution in [0.5, 0.6) is 5.75 Å². The minimum absolute atomic E-state index is 0.137. The van der Waals surface area contributed by atoms with Gasteiger partial charge in [-0.2, -0.15) is 0 Å². The van der Waals surface area contributed by atoms with Gasteiger partial charge in [0.25, 0.3) is 5.91 Å². The van der Waals surface area contributed by atoms with Crippen molar-refractivity contribution < 1.29 is 9.53 Å². The first kappa shape index (κ1) is 18.1. The number of hydrogen-bond acceptors (Lipinski definition) is 4. The highest BCUT2D eigenvalue weighted by Gasteiger charge is 2.07. The molecule has 0 aliphatic rings. The Balaban J connectivity index is 1.36. The molecule has 28 heavy (non-hydrogen) atoms. The van der Waals surface area contributed by atoms with Gasteiger partial charge in [-0.1, -0.05) is 36.0 Å². The molecule has 0 atom stereocenters. The van der Waals surface area contributed by atoms with Gasteiger partial charge in [0.2, 0.25) is 0 Å². The minimum atomic E-state index is -0.137. The van der Waals surface area contributed by atoms with Gasteiger partial charge in [-0.15, -0.1) is 0 Å². The van der Waals surface area contributed by atoms with Crippen molar-refractivity contribution in [3.8, 4) is 5.75 Å². The zero-order valence-electron chi connectivity index (χ0n) is 15.3. The maximum absolute atomic E-state index is 12.4. The number of anilines is 1. The predicted molar refractivity (Wildman–Crippen MR) is 113 cm³/mol. The Hall–Kier alpha value is -3.25. The molecule has 6 heteroatoms. The number of ether oxygens (including phenoxy) is 1. The van der Waals surface area contributed by atoms with Crippen molar-refractivity contribution in [1.82, 2.24) is 9.97 Å². The molecular weight excluding hydrogens is 370 g/mol. The van der Waals surface area contributed by atoms with E-state index in [4.69, 9.17) is 4.74 Å². The Morgan fingerprint density at radius 3 is 2.50 bits per heavy atom. The molecule has 1 aromatic heterocycles. The summed E-state index contributed by atoms with van der Waals surface area (Å²) in [5.41, 5.74) is 4.49. The highest BCUT2D eigenvalue weighted by atomic mass is 32.2. The third kappa shape index (κ3) is 4.18. The van der Waals surface area contributed by atoms with E-state index < -0.39 is 0 Å². The largest absolute Gasteiger partial charge is 0.497 e. The Morgan fingerprint density at radius 2 is 1.79 bits per heavy atom. The number of hydrogen-bond donors (Lipinski definition) is 2. The summed E-state index contributed by atoms with van der Waals surface area (Å²) in [6.07, 6.45) is 0. The predicted octanol–water partition coefficient (Wildman–Crippen LogP) is 5.12. The first-order valence-corrected chi connectivity index (χ1v) is 9.82. The van der Waals surface area contributed by atoms with Crippen molar-refractivity contribution in [2.75, 3.05) is 12.4 Å². The number of rotatable bonds is 6. The topological polar surface area (TPSA) is 67.0 Å². The van der Waals surface area contributed by atoms with Crippen LogP contribution in [0.25, 0.3) is 11.0 Å². The van der Waals surface area contributed by atoms with Gasteiger partial charge in [-0.3, -0.25) is 4.79 Å². The second kappa shape index (κ2) is 8.19. The molecule has 0 unspecified atom stereocenters. The molecule has 4 rings (SSSR count). The molecule has 3 aromatic carbocycles. The fourth-order valence-corrected chi connectivity index (χ4v) is 3.62. The highest BCUT2D eigenvalue weighted by Crippen LogP contribution is 2.23. The number of imidazole rings is 1.